The Bertz CT molecular complexity index is 1330. The number of carbonyl (C=O) groups is 2. The Hall–Kier alpha value is -4.08. The van der Waals surface area contributed by atoms with E-state index in [1.807, 2.05) is 6.92 Å². The van der Waals surface area contributed by atoms with E-state index >= 15 is 0 Å². The molecule has 1 N–H and O–H groups in total. The van der Waals surface area contributed by atoms with Gasteiger partial charge in [-0.25, -0.2) is 13.9 Å². The standard InChI is InChI=1S/C23H21FN6O3/c1-2-19(14-9-26-29(13-14)20-7-8-33-23(20)32)28-22(31)18-10-25-12-21-17(18)11-27-30(21)16-5-3-15(24)4-6-16/h3-6,9-13,19-20H,2,7-8H2,1H3,(H,28,31)/t19-,20?/m1/s1. The van der Waals surface area contributed by atoms with Crippen LogP contribution in [0.25, 0.3) is 16.6 Å². The van der Waals surface area contributed by atoms with E-state index in [0.29, 0.717) is 41.6 Å². The number of aromatic nitrogens is 5. The van der Waals surface area contributed by atoms with Gasteiger partial charge in [-0.15, -0.1) is 0 Å². The molecule has 1 unspecified atom stereocenters. The summed E-state index contributed by atoms with van der Waals surface area (Å²) in [7, 11) is 0. The molecule has 9 nitrogen and oxygen atoms in total. The molecule has 1 saturated heterocycles. The molecule has 4 heterocycles. The molecule has 0 bridgehead atoms. The molecule has 33 heavy (non-hydrogen) atoms. The molecule has 2 atom stereocenters. The second-order valence-electron chi connectivity index (χ2n) is 7.81. The van der Waals surface area contributed by atoms with Crippen LogP contribution in [-0.4, -0.2) is 43.0 Å². The fourth-order valence-electron chi connectivity index (χ4n) is 4.00. The van der Waals surface area contributed by atoms with Crippen molar-refractivity contribution in [3.05, 3.63) is 72.2 Å². The monoisotopic (exact) mass is 448 g/mol. The Kier molecular flexibility index (Phi) is 5.33. The van der Waals surface area contributed by atoms with E-state index in [1.54, 1.807) is 46.3 Å². The number of nitrogens with zero attached hydrogens (tertiary/aromatic N) is 5. The quantitative estimate of drug-likeness (QED) is 0.455. The average Bonchev–Trinajstić information content (AvgIpc) is 3.57. The highest BCUT2D eigenvalue weighted by atomic mass is 19.1. The summed E-state index contributed by atoms with van der Waals surface area (Å²) in [6.45, 7) is 2.34. The third-order valence-corrected chi connectivity index (χ3v) is 5.78. The average molecular weight is 448 g/mol. The van der Waals surface area contributed by atoms with E-state index in [1.165, 1.54) is 18.3 Å². The van der Waals surface area contributed by atoms with Crippen LogP contribution < -0.4 is 5.32 Å². The maximum absolute atomic E-state index is 13.3. The van der Waals surface area contributed by atoms with Crippen molar-refractivity contribution in [2.75, 3.05) is 6.61 Å². The zero-order chi connectivity index (χ0) is 22.9. The lowest BCUT2D eigenvalue weighted by atomic mass is 10.1. The van der Waals surface area contributed by atoms with Crippen LogP contribution in [0.5, 0.6) is 0 Å². The molecular weight excluding hydrogens is 427 g/mol. The molecule has 10 heteroatoms. The first-order chi connectivity index (χ1) is 16.0. The highest BCUT2D eigenvalue weighted by Crippen LogP contribution is 2.25. The minimum Gasteiger partial charge on any atom is -0.464 e. The summed E-state index contributed by atoms with van der Waals surface area (Å²) in [5.74, 6) is -0.934. The summed E-state index contributed by atoms with van der Waals surface area (Å²) in [5, 5.41) is 12.3. The molecule has 0 radical (unpaired) electrons. The summed E-state index contributed by atoms with van der Waals surface area (Å²) >= 11 is 0. The highest BCUT2D eigenvalue weighted by Gasteiger charge is 2.29. The van der Waals surface area contributed by atoms with E-state index in [0.717, 1.165) is 5.56 Å². The van der Waals surface area contributed by atoms with Crippen molar-refractivity contribution in [2.24, 2.45) is 0 Å². The molecule has 0 saturated carbocycles. The van der Waals surface area contributed by atoms with Gasteiger partial charge in [0.1, 0.15) is 5.82 Å². The number of hydrogen-bond acceptors (Lipinski definition) is 6. The molecular formula is C23H21FN6O3. The number of pyridine rings is 1. The fourth-order valence-corrected chi connectivity index (χ4v) is 4.00. The first-order valence-electron chi connectivity index (χ1n) is 10.6. The van der Waals surface area contributed by atoms with E-state index < -0.39 is 6.04 Å². The number of amides is 1. The Morgan fingerprint density at radius 2 is 2.03 bits per heavy atom. The van der Waals surface area contributed by atoms with Crippen molar-refractivity contribution >= 4 is 22.8 Å². The van der Waals surface area contributed by atoms with Gasteiger partial charge in [0, 0.05) is 29.8 Å². The SMILES string of the molecule is CC[C@@H](NC(=O)c1cncc2c1cnn2-c1ccc(F)cc1)c1cnn(C2CCOC2=O)c1. The highest BCUT2D eigenvalue weighted by molar-refractivity contribution is 6.06. The minimum atomic E-state index is -0.429. The predicted octanol–water partition coefficient (Wildman–Crippen LogP) is 3.13. The Labute approximate surface area is 188 Å². The van der Waals surface area contributed by atoms with Crippen molar-refractivity contribution in [3.8, 4) is 5.69 Å². The smallest absolute Gasteiger partial charge is 0.331 e. The van der Waals surface area contributed by atoms with Gasteiger partial charge >= 0.3 is 5.97 Å². The summed E-state index contributed by atoms with van der Waals surface area (Å²) in [6, 6.07) is 5.20. The third-order valence-electron chi connectivity index (χ3n) is 5.78. The second kappa shape index (κ2) is 8.45. The van der Waals surface area contributed by atoms with Gasteiger partial charge < -0.3 is 10.1 Å². The molecule has 5 rings (SSSR count). The van der Waals surface area contributed by atoms with Gasteiger partial charge in [-0.1, -0.05) is 6.92 Å². The molecule has 1 aromatic carbocycles. The fraction of sp³-hybridized carbons (Fsp3) is 0.261. The summed E-state index contributed by atoms with van der Waals surface area (Å²) in [5.41, 5.74) is 2.48. The van der Waals surface area contributed by atoms with E-state index in [2.05, 4.69) is 20.5 Å². The number of benzene rings is 1. The summed E-state index contributed by atoms with van der Waals surface area (Å²) < 4.78 is 21.5. The van der Waals surface area contributed by atoms with E-state index in [9.17, 15) is 14.0 Å². The van der Waals surface area contributed by atoms with Gasteiger partial charge in [-0.3, -0.25) is 14.5 Å². The number of esters is 1. The van der Waals surface area contributed by atoms with Gasteiger partial charge in [-0.05, 0) is 30.7 Å². The van der Waals surface area contributed by atoms with Gasteiger partial charge in [0.15, 0.2) is 6.04 Å². The number of fused-ring (bicyclic) bond motifs is 1. The lowest BCUT2D eigenvalue weighted by Gasteiger charge is -2.16. The topological polar surface area (TPSA) is 104 Å². The van der Waals surface area contributed by atoms with Crippen LogP contribution in [0, 0.1) is 5.82 Å². The van der Waals surface area contributed by atoms with Crippen LogP contribution in [-0.2, 0) is 9.53 Å². The third kappa shape index (κ3) is 3.84. The van der Waals surface area contributed by atoms with E-state index in [-0.39, 0.29) is 23.7 Å². The number of hydrogen-bond donors (Lipinski definition) is 1. The second-order valence-corrected chi connectivity index (χ2v) is 7.81. The first-order valence-corrected chi connectivity index (χ1v) is 10.6. The van der Waals surface area contributed by atoms with Crippen LogP contribution >= 0.6 is 0 Å². The Morgan fingerprint density at radius 3 is 2.76 bits per heavy atom. The zero-order valence-electron chi connectivity index (χ0n) is 17.8. The molecule has 1 aliphatic heterocycles. The Balaban J connectivity index is 1.40. The summed E-state index contributed by atoms with van der Waals surface area (Å²) in [4.78, 5) is 29.2. The maximum atomic E-state index is 13.3. The minimum absolute atomic E-state index is 0.294. The molecule has 1 aliphatic rings. The number of halogens is 1. The molecule has 1 amide bonds. The number of rotatable bonds is 6. The van der Waals surface area contributed by atoms with Crippen LogP contribution in [0.15, 0.2) is 55.2 Å². The largest absolute Gasteiger partial charge is 0.464 e. The molecule has 3 aromatic heterocycles. The molecule has 0 aliphatic carbocycles. The van der Waals surface area contributed by atoms with Crippen molar-refractivity contribution in [2.45, 2.75) is 31.8 Å². The molecule has 1 fully saturated rings. The van der Waals surface area contributed by atoms with Crippen molar-refractivity contribution in [1.82, 2.24) is 29.9 Å². The number of cyclic esters (lactones) is 1. The molecule has 168 valence electrons. The maximum Gasteiger partial charge on any atom is 0.331 e. The zero-order valence-corrected chi connectivity index (χ0v) is 17.8. The van der Waals surface area contributed by atoms with Crippen LogP contribution in [0.4, 0.5) is 4.39 Å². The first kappa shape index (κ1) is 20.8. The number of ether oxygens (including phenoxy) is 1. The lowest BCUT2D eigenvalue weighted by Crippen LogP contribution is -2.28. The Morgan fingerprint density at radius 1 is 1.21 bits per heavy atom. The van der Waals surface area contributed by atoms with Crippen LogP contribution in [0.1, 0.15) is 47.8 Å². The van der Waals surface area contributed by atoms with Crippen LogP contribution in [0.2, 0.25) is 0 Å². The number of carbonyl (C=O) groups excluding carboxylic acids is 2. The predicted molar refractivity (Wildman–Crippen MR) is 116 cm³/mol. The van der Waals surface area contributed by atoms with Crippen molar-refractivity contribution in [3.63, 3.8) is 0 Å². The number of nitrogens with one attached hydrogen (secondary N) is 1. The normalized spacial score (nSPS) is 16.7. The molecule has 0 spiro atoms. The molecule has 4 aromatic rings. The van der Waals surface area contributed by atoms with Gasteiger partial charge in [0.2, 0.25) is 0 Å². The van der Waals surface area contributed by atoms with E-state index in [4.69, 9.17) is 4.74 Å². The van der Waals surface area contributed by atoms with Crippen molar-refractivity contribution < 1.29 is 18.7 Å². The van der Waals surface area contributed by atoms with Crippen LogP contribution in [0.3, 0.4) is 0 Å². The lowest BCUT2D eigenvalue weighted by molar-refractivity contribution is -0.140. The van der Waals surface area contributed by atoms with Gasteiger partial charge in [0.25, 0.3) is 5.91 Å². The van der Waals surface area contributed by atoms with Gasteiger partial charge in [0.05, 0.1) is 48.0 Å². The summed E-state index contributed by atoms with van der Waals surface area (Å²) in [6.07, 6.45) is 9.35. The van der Waals surface area contributed by atoms with Gasteiger partial charge in [-0.2, -0.15) is 10.2 Å². The van der Waals surface area contributed by atoms with Crippen molar-refractivity contribution in [1.29, 1.82) is 0 Å².